The third-order valence-corrected chi connectivity index (χ3v) is 3.79. The number of fused-ring (bicyclic) bond motifs is 1. The molecule has 0 saturated carbocycles. The van der Waals surface area contributed by atoms with Gasteiger partial charge in [0.25, 0.3) is 12.3 Å². The summed E-state index contributed by atoms with van der Waals surface area (Å²) in [5, 5.41) is 3.62. The number of hydrogen-bond donors (Lipinski definition) is 2. The lowest BCUT2D eigenvalue weighted by molar-refractivity contribution is 0.0935. The van der Waals surface area contributed by atoms with Crippen molar-refractivity contribution in [3.63, 3.8) is 0 Å². The minimum absolute atomic E-state index is 0.0658. The molecule has 2 N–H and O–H groups in total. The highest BCUT2D eigenvalue weighted by Crippen LogP contribution is 2.24. The molecule has 0 aliphatic carbocycles. The van der Waals surface area contributed by atoms with Gasteiger partial charge >= 0.3 is 0 Å². The van der Waals surface area contributed by atoms with Crippen LogP contribution in [0, 0.1) is 0 Å². The summed E-state index contributed by atoms with van der Waals surface area (Å²) in [5.74, 6) is -0.267. The van der Waals surface area contributed by atoms with E-state index >= 15 is 0 Å². The molecular formula is C18H16F2N2O. The molecule has 0 aliphatic rings. The van der Waals surface area contributed by atoms with Gasteiger partial charge in [0.05, 0.1) is 6.04 Å². The largest absolute Gasteiger partial charge is 0.351 e. The van der Waals surface area contributed by atoms with Gasteiger partial charge in [-0.15, -0.1) is 0 Å². The van der Waals surface area contributed by atoms with Crippen molar-refractivity contribution in [2.45, 2.75) is 19.4 Å². The van der Waals surface area contributed by atoms with Crippen LogP contribution in [0.1, 0.15) is 41.0 Å². The number of amides is 1. The summed E-state index contributed by atoms with van der Waals surface area (Å²) in [6, 6.07) is 15.5. The Labute approximate surface area is 132 Å². The maximum atomic E-state index is 12.7. The van der Waals surface area contributed by atoms with Gasteiger partial charge in [-0.3, -0.25) is 4.79 Å². The first-order chi connectivity index (χ1) is 11.0. The summed E-state index contributed by atoms with van der Waals surface area (Å²) in [5.41, 5.74) is 1.82. The Hall–Kier alpha value is -2.69. The number of benzene rings is 2. The van der Waals surface area contributed by atoms with Crippen LogP contribution in [0.25, 0.3) is 10.9 Å². The van der Waals surface area contributed by atoms with E-state index in [1.165, 1.54) is 12.1 Å². The first-order valence-electron chi connectivity index (χ1n) is 7.31. The van der Waals surface area contributed by atoms with Crippen molar-refractivity contribution >= 4 is 16.8 Å². The SMILES string of the molecule is C[C@@H](NC(=O)c1cc2ccc(C(F)F)cc2[nH]1)c1ccccc1. The van der Waals surface area contributed by atoms with E-state index in [4.69, 9.17) is 0 Å². The van der Waals surface area contributed by atoms with E-state index in [1.807, 2.05) is 37.3 Å². The molecule has 5 heteroatoms. The van der Waals surface area contributed by atoms with Crippen molar-refractivity contribution in [1.29, 1.82) is 0 Å². The Balaban J connectivity index is 1.81. The highest BCUT2D eigenvalue weighted by atomic mass is 19.3. The Bertz CT molecular complexity index is 827. The molecular weight excluding hydrogens is 298 g/mol. The monoisotopic (exact) mass is 314 g/mol. The van der Waals surface area contributed by atoms with Gasteiger partial charge in [0, 0.05) is 16.5 Å². The summed E-state index contributed by atoms with van der Waals surface area (Å²) in [6.07, 6.45) is -2.53. The minimum atomic E-state index is -2.53. The van der Waals surface area contributed by atoms with Crippen molar-refractivity contribution in [2.24, 2.45) is 0 Å². The van der Waals surface area contributed by atoms with Gasteiger partial charge in [-0.05, 0) is 24.6 Å². The maximum Gasteiger partial charge on any atom is 0.268 e. The molecule has 0 radical (unpaired) electrons. The van der Waals surface area contributed by atoms with Gasteiger partial charge < -0.3 is 10.3 Å². The lowest BCUT2D eigenvalue weighted by atomic mass is 10.1. The van der Waals surface area contributed by atoms with E-state index in [9.17, 15) is 13.6 Å². The molecule has 0 bridgehead atoms. The number of H-pyrrole nitrogens is 1. The fourth-order valence-electron chi connectivity index (χ4n) is 2.50. The third kappa shape index (κ3) is 3.23. The van der Waals surface area contributed by atoms with Gasteiger partial charge in [-0.1, -0.05) is 42.5 Å². The van der Waals surface area contributed by atoms with E-state index in [0.29, 0.717) is 11.2 Å². The molecule has 0 spiro atoms. The molecule has 3 rings (SSSR count). The minimum Gasteiger partial charge on any atom is -0.351 e. The summed E-state index contributed by atoms with van der Waals surface area (Å²) >= 11 is 0. The average molecular weight is 314 g/mol. The van der Waals surface area contributed by atoms with Crippen LogP contribution in [0.2, 0.25) is 0 Å². The van der Waals surface area contributed by atoms with E-state index in [2.05, 4.69) is 10.3 Å². The normalized spacial score (nSPS) is 12.5. The van der Waals surface area contributed by atoms with Gasteiger partial charge in [-0.2, -0.15) is 0 Å². The molecule has 0 aliphatic heterocycles. The van der Waals surface area contributed by atoms with Gasteiger partial charge in [0.1, 0.15) is 5.69 Å². The molecule has 1 heterocycles. The number of carbonyl (C=O) groups is 1. The van der Waals surface area contributed by atoms with Gasteiger partial charge in [0.15, 0.2) is 0 Å². The predicted molar refractivity (Wildman–Crippen MR) is 85.6 cm³/mol. The standard InChI is InChI=1S/C18H16F2N2O/c1-11(12-5-3-2-4-6-12)21-18(23)16-9-13-7-8-14(17(19)20)10-15(13)22-16/h2-11,17,22H,1H3,(H,21,23)/t11-/m1/s1. The highest BCUT2D eigenvalue weighted by Gasteiger charge is 2.15. The number of hydrogen-bond acceptors (Lipinski definition) is 1. The van der Waals surface area contributed by atoms with E-state index in [-0.39, 0.29) is 17.5 Å². The number of halogens is 2. The first kappa shape index (κ1) is 15.2. The lowest BCUT2D eigenvalue weighted by Gasteiger charge is -2.13. The molecule has 0 unspecified atom stereocenters. The van der Waals surface area contributed by atoms with Crippen molar-refractivity contribution < 1.29 is 13.6 Å². The summed E-state index contributed by atoms with van der Waals surface area (Å²) < 4.78 is 25.5. The number of nitrogens with one attached hydrogen (secondary N) is 2. The average Bonchev–Trinajstić information content (AvgIpc) is 2.98. The number of carbonyl (C=O) groups excluding carboxylic acids is 1. The lowest BCUT2D eigenvalue weighted by Crippen LogP contribution is -2.26. The van der Waals surface area contributed by atoms with Gasteiger partial charge in [0.2, 0.25) is 0 Å². The predicted octanol–water partition coefficient (Wildman–Crippen LogP) is 4.60. The fourth-order valence-corrected chi connectivity index (χ4v) is 2.50. The molecule has 1 aromatic heterocycles. The Kier molecular flexibility index (Phi) is 4.10. The maximum absolute atomic E-state index is 12.7. The van der Waals surface area contributed by atoms with E-state index < -0.39 is 6.43 Å². The Morgan fingerprint density at radius 3 is 2.48 bits per heavy atom. The van der Waals surface area contributed by atoms with E-state index in [0.717, 1.165) is 10.9 Å². The van der Waals surface area contributed by atoms with Crippen molar-refractivity contribution in [2.75, 3.05) is 0 Å². The van der Waals surface area contributed by atoms with Crippen LogP contribution in [0.5, 0.6) is 0 Å². The second-order valence-electron chi connectivity index (χ2n) is 5.44. The number of alkyl halides is 2. The molecule has 2 aromatic carbocycles. The Morgan fingerprint density at radius 2 is 1.78 bits per heavy atom. The smallest absolute Gasteiger partial charge is 0.268 e. The molecule has 0 saturated heterocycles. The van der Waals surface area contributed by atoms with E-state index in [1.54, 1.807) is 12.1 Å². The number of rotatable bonds is 4. The molecule has 0 fully saturated rings. The summed E-state index contributed by atoms with van der Waals surface area (Å²) in [4.78, 5) is 15.2. The van der Waals surface area contributed by atoms with Crippen LogP contribution < -0.4 is 5.32 Å². The second-order valence-corrected chi connectivity index (χ2v) is 5.44. The van der Waals surface area contributed by atoms with Crippen LogP contribution in [0.15, 0.2) is 54.6 Å². The second kappa shape index (κ2) is 6.20. The number of aromatic amines is 1. The number of aromatic nitrogens is 1. The zero-order chi connectivity index (χ0) is 16.4. The molecule has 23 heavy (non-hydrogen) atoms. The zero-order valence-corrected chi connectivity index (χ0v) is 12.5. The van der Waals surface area contributed by atoms with Crippen LogP contribution in [-0.2, 0) is 0 Å². The first-order valence-corrected chi connectivity index (χ1v) is 7.31. The highest BCUT2D eigenvalue weighted by molar-refractivity contribution is 5.98. The molecule has 3 nitrogen and oxygen atoms in total. The van der Waals surface area contributed by atoms with Crippen LogP contribution >= 0.6 is 0 Å². The zero-order valence-electron chi connectivity index (χ0n) is 12.5. The topological polar surface area (TPSA) is 44.9 Å². The quantitative estimate of drug-likeness (QED) is 0.726. The molecule has 118 valence electrons. The fraction of sp³-hybridized carbons (Fsp3) is 0.167. The van der Waals surface area contributed by atoms with Crippen LogP contribution in [-0.4, -0.2) is 10.9 Å². The molecule has 1 amide bonds. The van der Waals surface area contributed by atoms with Crippen molar-refractivity contribution in [1.82, 2.24) is 10.3 Å². The van der Waals surface area contributed by atoms with Gasteiger partial charge in [-0.25, -0.2) is 8.78 Å². The van der Waals surface area contributed by atoms with Crippen molar-refractivity contribution in [3.8, 4) is 0 Å². The van der Waals surface area contributed by atoms with Crippen molar-refractivity contribution in [3.05, 3.63) is 71.4 Å². The molecule has 1 atom stereocenters. The van der Waals surface area contributed by atoms with Crippen LogP contribution in [0.3, 0.4) is 0 Å². The third-order valence-electron chi connectivity index (χ3n) is 3.79. The van der Waals surface area contributed by atoms with Crippen LogP contribution in [0.4, 0.5) is 8.78 Å². The Morgan fingerprint density at radius 1 is 1.04 bits per heavy atom. The molecule has 3 aromatic rings. The summed E-state index contributed by atoms with van der Waals surface area (Å²) in [6.45, 7) is 1.89. The summed E-state index contributed by atoms with van der Waals surface area (Å²) in [7, 11) is 0.